The Bertz CT molecular complexity index is 1100. The molecule has 3 aromatic rings. The van der Waals surface area contributed by atoms with Crippen molar-refractivity contribution in [1.82, 2.24) is 0 Å². The van der Waals surface area contributed by atoms with Crippen molar-refractivity contribution in [1.29, 1.82) is 0 Å². The van der Waals surface area contributed by atoms with Gasteiger partial charge in [-0.05, 0) is 55.5 Å². The lowest BCUT2D eigenvalue weighted by atomic mass is 9.71. The zero-order valence-electron chi connectivity index (χ0n) is 18.7. The molecule has 0 saturated carbocycles. The molecule has 0 radical (unpaired) electrons. The van der Waals surface area contributed by atoms with E-state index in [0.29, 0.717) is 0 Å². The fourth-order valence-corrected chi connectivity index (χ4v) is 6.12. The lowest BCUT2D eigenvalue weighted by molar-refractivity contribution is 0.588. The highest BCUT2D eigenvalue weighted by Crippen LogP contribution is 2.62. The average molecular weight is 382 g/mol. The van der Waals surface area contributed by atoms with Gasteiger partial charge in [0.15, 0.2) is 0 Å². The molecule has 5 rings (SSSR count). The van der Waals surface area contributed by atoms with Crippen molar-refractivity contribution in [2.75, 3.05) is 5.73 Å². The van der Waals surface area contributed by atoms with Crippen LogP contribution >= 0.6 is 0 Å². The quantitative estimate of drug-likeness (QED) is 0.410. The second-order valence-corrected chi connectivity index (χ2v) is 10.9. The molecule has 0 spiro atoms. The van der Waals surface area contributed by atoms with E-state index in [1.165, 1.54) is 50.1 Å². The molecule has 2 aliphatic carbocycles. The number of fused-ring (bicyclic) bond motifs is 6. The molecule has 0 amide bonds. The lowest BCUT2D eigenvalue weighted by Crippen LogP contribution is -2.24. The maximum Gasteiger partial charge on any atom is 0.0409 e. The van der Waals surface area contributed by atoms with Crippen molar-refractivity contribution in [2.24, 2.45) is 0 Å². The number of rotatable bonds is 0. The highest BCUT2D eigenvalue weighted by atomic mass is 14.6. The molecule has 29 heavy (non-hydrogen) atoms. The second-order valence-electron chi connectivity index (χ2n) is 10.9. The molecule has 2 aliphatic rings. The first-order valence-corrected chi connectivity index (χ1v) is 10.7. The Morgan fingerprint density at radius 1 is 0.655 bits per heavy atom. The predicted molar refractivity (Wildman–Crippen MR) is 125 cm³/mol. The van der Waals surface area contributed by atoms with E-state index in [-0.39, 0.29) is 16.2 Å². The first-order chi connectivity index (χ1) is 13.5. The van der Waals surface area contributed by atoms with Crippen LogP contribution < -0.4 is 5.73 Å². The summed E-state index contributed by atoms with van der Waals surface area (Å²) >= 11 is 0. The first-order valence-electron chi connectivity index (χ1n) is 10.7. The monoisotopic (exact) mass is 381 g/mol. The van der Waals surface area contributed by atoms with Gasteiger partial charge in [-0.15, -0.1) is 0 Å². The van der Waals surface area contributed by atoms with E-state index in [1.54, 1.807) is 0 Å². The molecule has 2 N–H and O–H groups in total. The zero-order chi connectivity index (χ0) is 20.9. The summed E-state index contributed by atoms with van der Waals surface area (Å²) in [6.45, 7) is 16.4. The van der Waals surface area contributed by atoms with Gasteiger partial charge < -0.3 is 5.73 Å². The van der Waals surface area contributed by atoms with E-state index in [9.17, 15) is 0 Å². The molecule has 0 aliphatic heterocycles. The fourth-order valence-electron chi connectivity index (χ4n) is 6.12. The summed E-state index contributed by atoms with van der Waals surface area (Å²) in [5.41, 5.74) is 20.2. The Balaban J connectivity index is 2.07. The van der Waals surface area contributed by atoms with Crippen molar-refractivity contribution in [2.45, 2.75) is 64.7 Å². The highest BCUT2D eigenvalue weighted by Gasteiger charge is 2.47. The molecule has 0 heterocycles. The number of anilines is 1. The summed E-state index contributed by atoms with van der Waals surface area (Å²) < 4.78 is 0. The Morgan fingerprint density at radius 2 is 1.03 bits per heavy atom. The van der Waals surface area contributed by atoms with Crippen molar-refractivity contribution in [3.63, 3.8) is 0 Å². The van der Waals surface area contributed by atoms with Crippen LogP contribution in [0.15, 0.2) is 48.5 Å². The second kappa shape index (κ2) is 5.33. The minimum atomic E-state index is -0.101. The van der Waals surface area contributed by atoms with Gasteiger partial charge in [0.25, 0.3) is 0 Å². The predicted octanol–water partition coefficient (Wildman–Crippen LogP) is 7.18. The van der Waals surface area contributed by atoms with Crippen LogP contribution in [0.25, 0.3) is 22.3 Å². The van der Waals surface area contributed by atoms with Crippen LogP contribution in [-0.4, -0.2) is 0 Å². The molecular weight excluding hydrogens is 350 g/mol. The Kier molecular flexibility index (Phi) is 3.40. The van der Waals surface area contributed by atoms with Crippen LogP contribution in [0.2, 0.25) is 0 Å². The van der Waals surface area contributed by atoms with E-state index < -0.39 is 0 Å². The third kappa shape index (κ3) is 2.11. The van der Waals surface area contributed by atoms with E-state index in [2.05, 4.69) is 97.0 Å². The molecule has 0 aromatic heterocycles. The van der Waals surface area contributed by atoms with Gasteiger partial charge in [0.2, 0.25) is 0 Å². The summed E-state index contributed by atoms with van der Waals surface area (Å²) in [5.74, 6) is 0. The molecule has 148 valence electrons. The van der Waals surface area contributed by atoms with Crippen molar-refractivity contribution in [3.8, 4) is 22.3 Å². The van der Waals surface area contributed by atoms with Gasteiger partial charge in [0, 0.05) is 16.5 Å². The molecule has 0 unspecified atom stereocenters. The van der Waals surface area contributed by atoms with Crippen molar-refractivity contribution in [3.05, 3.63) is 76.3 Å². The summed E-state index contributed by atoms with van der Waals surface area (Å²) in [6, 6.07) is 17.8. The third-order valence-corrected chi connectivity index (χ3v) is 7.28. The molecule has 0 saturated heterocycles. The number of benzene rings is 3. The molecule has 1 heteroatoms. The maximum atomic E-state index is 7.11. The standard InChI is InChI=1S/C28H31N/c1-26(2,3)22-20-16-12-8-10-14-18(16)27(4,5)23(20)25(29)24-21(22)17-13-9-11-15-19(17)28(24,6)7/h8-15H,29H2,1-7H3. The SMILES string of the molecule is CC(C)(C)c1c2c(c(N)c3c1-c1ccccc1C3(C)C)C(C)(C)c1ccccc1-2. The highest BCUT2D eigenvalue weighted by molar-refractivity contribution is 5.99. The number of hydrogen-bond donors (Lipinski definition) is 1. The summed E-state index contributed by atoms with van der Waals surface area (Å²) in [4.78, 5) is 0. The topological polar surface area (TPSA) is 26.0 Å². The largest absolute Gasteiger partial charge is 0.398 e. The van der Waals surface area contributed by atoms with Crippen LogP contribution in [0.5, 0.6) is 0 Å². The lowest BCUT2D eigenvalue weighted by Gasteiger charge is -2.33. The van der Waals surface area contributed by atoms with E-state index in [0.717, 1.165) is 5.69 Å². The minimum absolute atomic E-state index is 0.00291. The summed E-state index contributed by atoms with van der Waals surface area (Å²) in [5, 5.41) is 0. The van der Waals surface area contributed by atoms with Gasteiger partial charge in [-0.1, -0.05) is 97.0 Å². The van der Waals surface area contributed by atoms with Crippen molar-refractivity contribution >= 4 is 5.69 Å². The van der Waals surface area contributed by atoms with Gasteiger partial charge >= 0.3 is 0 Å². The van der Waals surface area contributed by atoms with Crippen LogP contribution in [0.3, 0.4) is 0 Å². The van der Waals surface area contributed by atoms with E-state index >= 15 is 0 Å². The fraction of sp³-hybridized carbons (Fsp3) is 0.357. The summed E-state index contributed by atoms with van der Waals surface area (Å²) in [6.07, 6.45) is 0. The zero-order valence-corrected chi connectivity index (χ0v) is 18.7. The third-order valence-electron chi connectivity index (χ3n) is 7.28. The average Bonchev–Trinajstić information content (AvgIpc) is 3.02. The van der Waals surface area contributed by atoms with Gasteiger partial charge in [0.05, 0.1) is 0 Å². The molecule has 1 nitrogen and oxygen atoms in total. The van der Waals surface area contributed by atoms with Crippen LogP contribution in [0, 0.1) is 0 Å². The Labute approximate surface area is 175 Å². The number of hydrogen-bond acceptors (Lipinski definition) is 1. The molecule has 0 bridgehead atoms. The Hall–Kier alpha value is -2.54. The van der Waals surface area contributed by atoms with Crippen LogP contribution in [0.4, 0.5) is 5.69 Å². The maximum absolute atomic E-state index is 7.11. The van der Waals surface area contributed by atoms with Crippen LogP contribution in [-0.2, 0) is 16.2 Å². The molecule has 3 aromatic carbocycles. The molecular formula is C28H31N. The Morgan fingerprint density at radius 3 is 1.41 bits per heavy atom. The summed E-state index contributed by atoms with van der Waals surface area (Å²) in [7, 11) is 0. The van der Waals surface area contributed by atoms with E-state index in [4.69, 9.17) is 5.73 Å². The van der Waals surface area contributed by atoms with E-state index in [1.807, 2.05) is 0 Å². The van der Waals surface area contributed by atoms with Gasteiger partial charge in [-0.25, -0.2) is 0 Å². The number of nitrogen functional groups attached to an aromatic ring is 1. The number of nitrogens with two attached hydrogens (primary N) is 1. The minimum Gasteiger partial charge on any atom is -0.398 e. The van der Waals surface area contributed by atoms with Crippen LogP contribution in [0.1, 0.15) is 76.3 Å². The normalized spacial score (nSPS) is 17.5. The smallest absolute Gasteiger partial charge is 0.0409 e. The first kappa shape index (κ1) is 18.5. The van der Waals surface area contributed by atoms with Gasteiger partial charge in [0.1, 0.15) is 0 Å². The van der Waals surface area contributed by atoms with Gasteiger partial charge in [-0.3, -0.25) is 0 Å². The van der Waals surface area contributed by atoms with Gasteiger partial charge in [-0.2, -0.15) is 0 Å². The molecule has 0 fully saturated rings. The van der Waals surface area contributed by atoms with Crippen molar-refractivity contribution < 1.29 is 0 Å². The molecule has 0 atom stereocenters.